The smallest absolute Gasteiger partial charge is 0.349 e. The number of nitrogens with zero attached hydrogens (tertiary/aromatic N) is 1. The Morgan fingerprint density at radius 2 is 1.69 bits per heavy atom. The number of carbonyl (C=O) groups excluding carboxylic acids is 2. The number of benzene rings is 2. The first kappa shape index (κ1) is 22.0. The first-order chi connectivity index (χ1) is 17.5. The number of esters is 1. The monoisotopic (exact) mass is 485 g/mol. The van der Waals surface area contributed by atoms with Crippen LogP contribution in [0.5, 0.6) is 23.0 Å². The van der Waals surface area contributed by atoms with Crippen LogP contribution in [0.2, 0.25) is 0 Å². The third-order valence-electron chi connectivity index (χ3n) is 6.66. The molecule has 182 valence electrons. The first-order valence-corrected chi connectivity index (χ1v) is 11.5. The molecule has 0 spiro atoms. The number of rotatable bonds is 3. The van der Waals surface area contributed by atoms with Crippen molar-refractivity contribution in [1.29, 1.82) is 0 Å². The molecule has 4 heterocycles. The summed E-state index contributed by atoms with van der Waals surface area (Å²) in [4.78, 5) is 27.9. The summed E-state index contributed by atoms with van der Waals surface area (Å²) >= 11 is 0. The topological polar surface area (TPSA) is 83.5 Å². The van der Waals surface area contributed by atoms with E-state index in [9.17, 15) is 9.59 Å². The molecule has 4 aliphatic rings. The van der Waals surface area contributed by atoms with Gasteiger partial charge in [-0.25, -0.2) is 4.79 Å². The fourth-order valence-corrected chi connectivity index (χ4v) is 4.95. The molecule has 0 radical (unpaired) electrons. The molecule has 8 heteroatoms. The Kier molecular flexibility index (Phi) is 5.10. The van der Waals surface area contributed by atoms with Crippen molar-refractivity contribution in [3.8, 4) is 23.0 Å². The van der Waals surface area contributed by atoms with Gasteiger partial charge >= 0.3 is 5.97 Å². The standard InChI is InChI=1S/C28H23NO7/c1-15-8-22(30)27(28(31)36-15)21-10-18(16-4-5-23-26(11-16)35-14-34-23)9-20-19-13-25(33-3)24(32-2)12-17(19)6-7-29(20)21/h4-5,8-13H,6-7,14H2,1-3H3/b27-21+. The lowest BCUT2D eigenvalue weighted by Crippen LogP contribution is -2.34. The van der Waals surface area contributed by atoms with E-state index in [0.29, 0.717) is 41.7 Å². The first-order valence-electron chi connectivity index (χ1n) is 11.5. The van der Waals surface area contributed by atoms with Crippen molar-refractivity contribution in [1.82, 2.24) is 4.90 Å². The van der Waals surface area contributed by atoms with Gasteiger partial charge in [0.25, 0.3) is 0 Å². The van der Waals surface area contributed by atoms with Crippen molar-refractivity contribution in [2.24, 2.45) is 0 Å². The molecule has 0 aliphatic carbocycles. The van der Waals surface area contributed by atoms with E-state index in [0.717, 1.165) is 28.0 Å². The van der Waals surface area contributed by atoms with Gasteiger partial charge < -0.3 is 28.6 Å². The Morgan fingerprint density at radius 1 is 0.917 bits per heavy atom. The summed E-state index contributed by atoms with van der Waals surface area (Å²) in [6.07, 6.45) is 5.94. The van der Waals surface area contributed by atoms with Crippen molar-refractivity contribution in [3.05, 3.63) is 82.3 Å². The van der Waals surface area contributed by atoms with E-state index in [1.54, 1.807) is 21.1 Å². The molecular formula is C28H23NO7. The molecular weight excluding hydrogens is 462 g/mol. The van der Waals surface area contributed by atoms with Crippen molar-refractivity contribution >= 4 is 23.0 Å². The van der Waals surface area contributed by atoms with Gasteiger partial charge in [-0.1, -0.05) is 6.07 Å². The molecule has 0 atom stereocenters. The van der Waals surface area contributed by atoms with E-state index >= 15 is 0 Å². The Labute approximate surface area is 207 Å². The van der Waals surface area contributed by atoms with Gasteiger partial charge in [-0.3, -0.25) is 4.79 Å². The molecule has 0 unspecified atom stereocenters. The van der Waals surface area contributed by atoms with E-state index in [1.807, 2.05) is 47.4 Å². The molecule has 0 fully saturated rings. The molecule has 0 N–H and O–H groups in total. The fraction of sp³-hybridized carbons (Fsp3) is 0.214. The molecule has 0 bridgehead atoms. The highest BCUT2D eigenvalue weighted by Gasteiger charge is 2.35. The van der Waals surface area contributed by atoms with E-state index < -0.39 is 5.97 Å². The SMILES string of the molecule is COc1cc2c(cc1OC)C1=CC(c3ccc4c(c3)OCO4)=C/C(=C3/C(=O)C=C(C)OC3=O)N1CC2. The van der Waals surface area contributed by atoms with Gasteiger partial charge in [0.05, 0.1) is 19.9 Å². The maximum Gasteiger partial charge on any atom is 0.349 e. The number of hydrogen-bond acceptors (Lipinski definition) is 8. The van der Waals surface area contributed by atoms with Crippen molar-refractivity contribution in [3.63, 3.8) is 0 Å². The van der Waals surface area contributed by atoms with Crippen LogP contribution in [0.1, 0.15) is 23.6 Å². The highest BCUT2D eigenvalue weighted by atomic mass is 16.7. The summed E-state index contributed by atoms with van der Waals surface area (Å²) in [5.74, 6) is 1.81. The zero-order chi connectivity index (χ0) is 25.0. The molecule has 36 heavy (non-hydrogen) atoms. The van der Waals surface area contributed by atoms with Gasteiger partial charge in [0.2, 0.25) is 6.79 Å². The molecule has 2 aromatic carbocycles. The number of ether oxygens (including phenoxy) is 5. The molecule has 0 amide bonds. The van der Waals surface area contributed by atoms with Crippen LogP contribution in [0, 0.1) is 0 Å². The van der Waals surface area contributed by atoms with Crippen molar-refractivity contribution in [2.75, 3.05) is 27.6 Å². The predicted molar refractivity (Wildman–Crippen MR) is 130 cm³/mol. The zero-order valence-corrected chi connectivity index (χ0v) is 20.0. The second kappa shape index (κ2) is 8.34. The number of fused-ring (bicyclic) bond motifs is 4. The predicted octanol–water partition coefficient (Wildman–Crippen LogP) is 4.01. The highest BCUT2D eigenvalue weighted by Crippen LogP contribution is 2.44. The van der Waals surface area contributed by atoms with Crippen molar-refractivity contribution in [2.45, 2.75) is 13.3 Å². The summed E-state index contributed by atoms with van der Waals surface area (Å²) < 4.78 is 27.5. The van der Waals surface area contributed by atoms with E-state index in [-0.39, 0.29) is 23.9 Å². The van der Waals surface area contributed by atoms with Gasteiger partial charge in [0.1, 0.15) is 11.3 Å². The molecule has 8 nitrogen and oxygen atoms in total. The summed E-state index contributed by atoms with van der Waals surface area (Å²) in [7, 11) is 3.20. The van der Waals surface area contributed by atoms with Gasteiger partial charge in [0.15, 0.2) is 28.8 Å². The van der Waals surface area contributed by atoms with Crippen LogP contribution in [-0.4, -0.2) is 44.2 Å². The maximum atomic E-state index is 13.0. The number of carbonyl (C=O) groups is 2. The van der Waals surface area contributed by atoms with Crippen LogP contribution in [0.3, 0.4) is 0 Å². The molecule has 0 saturated carbocycles. The van der Waals surface area contributed by atoms with Gasteiger partial charge in [-0.2, -0.15) is 0 Å². The summed E-state index contributed by atoms with van der Waals surface area (Å²) in [6.45, 7) is 2.33. The van der Waals surface area contributed by atoms with E-state index in [1.165, 1.54) is 6.08 Å². The number of methoxy groups -OCH3 is 2. The average Bonchev–Trinajstić information content (AvgIpc) is 3.35. The fourth-order valence-electron chi connectivity index (χ4n) is 4.95. The Hall–Kier alpha value is -4.46. The summed E-state index contributed by atoms with van der Waals surface area (Å²) in [5.41, 5.74) is 5.05. The Morgan fingerprint density at radius 3 is 2.47 bits per heavy atom. The average molecular weight is 485 g/mol. The van der Waals surface area contributed by atoms with Crippen LogP contribution >= 0.6 is 0 Å². The number of hydrogen-bond donors (Lipinski definition) is 0. The molecule has 0 saturated heterocycles. The van der Waals surface area contributed by atoms with Gasteiger partial charge in [-0.15, -0.1) is 0 Å². The molecule has 6 rings (SSSR count). The minimum absolute atomic E-state index is 0.00775. The quantitative estimate of drug-likeness (QED) is 0.366. The molecule has 0 aromatic heterocycles. The second-order valence-corrected chi connectivity index (χ2v) is 8.73. The van der Waals surface area contributed by atoms with Gasteiger partial charge in [-0.05, 0) is 66.5 Å². The number of ketones is 1. The largest absolute Gasteiger partial charge is 0.493 e. The third-order valence-corrected chi connectivity index (χ3v) is 6.66. The molecule has 4 aliphatic heterocycles. The van der Waals surface area contributed by atoms with E-state index in [2.05, 4.69) is 0 Å². The minimum Gasteiger partial charge on any atom is -0.493 e. The van der Waals surface area contributed by atoms with Crippen molar-refractivity contribution < 1.29 is 33.3 Å². The lowest BCUT2D eigenvalue weighted by atomic mass is 9.88. The Balaban J connectivity index is 1.57. The zero-order valence-electron chi connectivity index (χ0n) is 20.0. The lowest BCUT2D eigenvalue weighted by molar-refractivity contribution is -0.137. The number of cyclic esters (lactones) is 1. The van der Waals surface area contributed by atoms with E-state index in [4.69, 9.17) is 23.7 Å². The van der Waals surface area contributed by atoms with Crippen LogP contribution < -0.4 is 18.9 Å². The van der Waals surface area contributed by atoms with Gasteiger partial charge in [0, 0.05) is 23.9 Å². The Bertz CT molecular complexity index is 1460. The van der Waals surface area contributed by atoms with Crippen LogP contribution in [-0.2, 0) is 20.7 Å². The van der Waals surface area contributed by atoms with Crippen LogP contribution in [0.25, 0.3) is 11.3 Å². The normalized spacial score (nSPS) is 20.1. The lowest BCUT2D eigenvalue weighted by Gasteiger charge is -2.38. The highest BCUT2D eigenvalue weighted by molar-refractivity contribution is 6.24. The summed E-state index contributed by atoms with van der Waals surface area (Å²) in [5, 5.41) is 0. The molecule has 2 aromatic rings. The van der Waals surface area contributed by atoms with Crippen LogP contribution in [0.4, 0.5) is 0 Å². The second-order valence-electron chi connectivity index (χ2n) is 8.73. The summed E-state index contributed by atoms with van der Waals surface area (Å²) in [6, 6.07) is 9.58. The maximum absolute atomic E-state index is 13.0. The minimum atomic E-state index is -0.657. The third kappa shape index (κ3) is 3.45. The number of allylic oxidation sites excluding steroid dienone is 5. The van der Waals surface area contributed by atoms with Crippen LogP contribution in [0.15, 0.2) is 65.6 Å².